The second-order valence-corrected chi connectivity index (χ2v) is 10.9. The lowest BCUT2D eigenvalue weighted by Gasteiger charge is -2.35. The molecule has 4 nitrogen and oxygen atoms in total. The van der Waals surface area contributed by atoms with Crippen molar-refractivity contribution >= 4 is 45.6 Å². The van der Waals surface area contributed by atoms with E-state index in [0.717, 1.165) is 32.4 Å². The number of sulfonamides is 1. The van der Waals surface area contributed by atoms with E-state index >= 15 is 0 Å². The smallest absolute Gasteiger partial charge is 0.244 e. The predicted octanol–water partition coefficient (Wildman–Crippen LogP) is 5.75. The summed E-state index contributed by atoms with van der Waals surface area (Å²) >= 11 is 12.2. The monoisotopic (exact) mass is 502 g/mol. The number of benzene rings is 2. The van der Waals surface area contributed by atoms with Crippen LogP contribution in [0.1, 0.15) is 48.9 Å². The minimum atomic E-state index is -3.65. The van der Waals surface area contributed by atoms with Crippen LogP contribution in [-0.2, 0) is 22.9 Å². The van der Waals surface area contributed by atoms with Crippen LogP contribution in [0.2, 0.25) is 10.0 Å². The van der Waals surface area contributed by atoms with Crippen molar-refractivity contribution in [2.45, 2.75) is 50.0 Å². The Labute approximate surface area is 202 Å². The third-order valence-electron chi connectivity index (χ3n) is 6.38. The van der Waals surface area contributed by atoms with Crippen LogP contribution in [0.25, 0.3) is 0 Å². The molecule has 1 aliphatic heterocycles. The molecule has 1 unspecified atom stereocenters. The number of unbranched alkanes of at least 4 members (excludes halogenated alkanes) is 1. The molecule has 170 valence electrons. The first-order valence-electron chi connectivity index (χ1n) is 10.7. The van der Waals surface area contributed by atoms with Gasteiger partial charge in [0, 0.05) is 30.7 Å². The Bertz CT molecular complexity index is 1030. The van der Waals surface area contributed by atoms with Gasteiger partial charge in [-0.2, -0.15) is 4.31 Å². The average Bonchev–Trinajstić information content (AvgIpc) is 3.17. The van der Waals surface area contributed by atoms with E-state index in [9.17, 15) is 8.42 Å². The van der Waals surface area contributed by atoms with Crippen LogP contribution in [0.3, 0.4) is 0 Å². The molecular formula is C23H29Cl3N2O2S. The van der Waals surface area contributed by atoms with Gasteiger partial charge in [0.05, 0.1) is 5.02 Å². The summed E-state index contributed by atoms with van der Waals surface area (Å²) in [6, 6.07) is 11.9. The van der Waals surface area contributed by atoms with E-state index in [1.54, 1.807) is 11.6 Å². The number of aryl methyl sites for hydroxylation is 1. The van der Waals surface area contributed by atoms with Crippen molar-refractivity contribution in [3.8, 4) is 0 Å². The first-order valence-corrected chi connectivity index (χ1v) is 12.9. The molecular weight excluding hydrogens is 475 g/mol. The molecule has 0 radical (unpaired) electrons. The summed E-state index contributed by atoms with van der Waals surface area (Å²) in [4.78, 5) is 2.68. The van der Waals surface area contributed by atoms with E-state index in [1.165, 1.54) is 40.4 Å². The molecule has 1 atom stereocenters. The largest absolute Gasteiger partial charge is 0.296 e. The number of hydrogen-bond acceptors (Lipinski definition) is 3. The van der Waals surface area contributed by atoms with E-state index in [4.69, 9.17) is 23.2 Å². The van der Waals surface area contributed by atoms with Crippen molar-refractivity contribution < 1.29 is 8.42 Å². The summed E-state index contributed by atoms with van der Waals surface area (Å²) < 4.78 is 27.6. The van der Waals surface area contributed by atoms with E-state index in [0.29, 0.717) is 24.2 Å². The van der Waals surface area contributed by atoms with Gasteiger partial charge in [-0.15, -0.1) is 12.4 Å². The minimum absolute atomic E-state index is 0. The molecule has 1 heterocycles. The van der Waals surface area contributed by atoms with Crippen LogP contribution < -0.4 is 0 Å². The van der Waals surface area contributed by atoms with Gasteiger partial charge in [-0.25, -0.2) is 8.42 Å². The lowest BCUT2D eigenvalue weighted by Crippen LogP contribution is -2.36. The molecule has 0 aromatic heterocycles. The summed E-state index contributed by atoms with van der Waals surface area (Å²) in [6.45, 7) is 4.86. The lowest BCUT2D eigenvalue weighted by molar-refractivity contribution is 0.181. The van der Waals surface area contributed by atoms with Crippen LogP contribution >= 0.6 is 35.6 Å². The Morgan fingerprint density at radius 2 is 1.84 bits per heavy atom. The van der Waals surface area contributed by atoms with Crippen LogP contribution in [-0.4, -0.2) is 43.8 Å². The maximum Gasteiger partial charge on any atom is 0.244 e. The molecule has 0 fully saturated rings. The molecule has 31 heavy (non-hydrogen) atoms. The fourth-order valence-corrected chi connectivity index (χ4v) is 7.11. The molecule has 0 N–H and O–H groups in total. The van der Waals surface area contributed by atoms with Crippen molar-refractivity contribution in [1.82, 2.24) is 9.21 Å². The average molecular weight is 504 g/mol. The van der Waals surface area contributed by atoms with E-state index < -0.39 is 10.0 Å². The van der Waals surface area contributed by atoms with Crippen LogP contribution in [0.15, 0.2) is 41.3 Å². The summed E-state index contributed by atoms with van der Waals surface area (Å²) in [5.41, 5.74) is 4.61. The highest BCUT2D eigenvalue weighted by Crippen LogP contribution is 2.41. The van der Waals surface area contributed by atoms with Gasteiger partial charge in [0.1, 0.15) is 4.90 Å². The van der Waals surface area contributed by atoms with Gasteiger partial charge in [0.15, 0.2) is 0 Å². The maximum atomic E-state index is 13.0. The zero-order valence-electron chi connectivity index (χ0n) is 17.7. The second kappa shape index (κ2) is 10.4. The summed E-state index contributed by atoms with van der Waals surface area (Å²) in [5.74, 6) is 0. The Morgan fingerprint density at radius 1 is 1.10 bits per heavy atom. The molecule has 0 amide bonds. The quantitative estimate of drug-likeness (QED) is 0.431. The molecule has 2 aromatic rings. The Balaban J connectivity index is 0.00000272. The molecule has 0 bridgehead atoms. The molecule has 2 aromatic carbocycles. The van der Waals surface area contributed by atoms with Gasteiger partial charge >= 0.3 is 0 Å². The Morgan fingerprint density at radius 3 is 2.58 bits per heavy atom. The first-order chi connectivity index (χ1) is 14.4. The van der Waals surface area contributed by atoms with Gasteiger partial charge in [-0.3, -0.25) is 4.90 Å². The van der Waals surface area contributed by atoms with Crippen LogP contribution in [0.5, 0.6) is 0 Å². The van der Waals surface area contributed by atoms with Gasteiger partial charge in [-0.1, -0.05) is 48.3 Å². The van der Waals surface area contributed by atoms with Gasteiger partial charge in [0.2, 0.25) is 10.0 Å². The zero-order chi connectivity index (χ0) is 21.3. The number of halogens is 3. The third kappa shape index (κ3) is 5.07. The van der Waals surface area contributed by atoms with Crippen LogP contribution in [0, 0.1) is 0 Å². The summed E-state index contributed by atoms with van der Waals surface area (Å²) in [7, 11) is -3.65. The van der Waals surface area contributed by atoms with E-state index in [-0.39, 0.29) is 22.3 Å². The molecule has 0 spiro atoms. The lowest BCUT2D eigenvalue weighted by atomic mass is 9.93. The Hall–Kier alpha value is -0.820. The first kappa shape index (κ1) is 24.8. The second-order valence-electron chi connectivity index (χ2n) is 8.11. The van der Waals surface area contributed by atoms with Crippen molar-refractivity contribution in [1.29, 1.82) is 0 Å². The Kier molecular flexibility index (Phi) is 8.33. The van der Waals surface area contributed by atoms with Crippen molar-refractivity contribution in [3.63, 3.8) is 0 Å². The van der Waals surface area contributed by atoms with Crippen molar-refractivity contribution in [2.75, 3.05) is 26.2 Å². The normalized spacial score (nSPS) is 18.1. The minimum Gasteiger partial charge on any atom is -0.296 e. The highest BCUT2D eigenvalue weighted by molar-refractivity contribution is 7.89. The SMILES string of the molecule is CCN(CCCCN1CCc2cccc3c2C1CC3)S(=O)(=O)c1cc(Cl)ccc1Cl.Cl. The molecule has 1 aliphatic carbocycles. The molecule has 8 heteroatoms. The predicted molar refractivity (Wildman–Crippen MR) is 130 cm³/mol. The zero-order valence-corrected chi connectivity index (χ0v) is 20.8. The molecule has 0 saturated heterocycles. The van der Waals surface area contributed by atoms with Gasteiger partial charge in [-0.05, 0) is 73.5 Å². The number of hydrogen-bond donors (Lipinski definition) is 0. The van der Waals surface area contributed by atoms with E-state index in [1.807, 2.05) is 6.92 Å². The van der Waals surface area contributed by atoms with Crippen LogP contribution in [0.4, 0.5) is 0 Å². The fraction of sp³-hybridized carbons (Fsp3) is 0.478. The molecule has 2 aliphatic rings. The van der Waals surface area contributed by atoms with Crippen molar-refractivity contribution in [2.24, 2.45) is 0 Å². The number of rotatable bonds is 8. The van der Waals surface area contributed by atoms with E-state index in [2.05, 4.69) is 23.1 Å². The summed E-state index contributed by atoms with van der Waals surface area (Å²) in [6.07, 6.45) is 5.29. The fourth-order valence-electron chi connectivity index (χ4n) is 4.88. The van der Waals surface area contributed by atoms with Crippen molar-refractivity contribution in [3.05, 3.63) is 63.1 Å². The molecule has 0 saturated carbocycles. The highest BCUT2D eigenvalue weighted by Gasteiger charge is 2.33. The number of nitrogens with zero attached hydrogens (tertiary/aromatic N) is 2. The molecule has 4 rings (SSSR count). The topological polar surface area (TPSA) is 40.6 Å². The maximum absolute atomic E-state index is 13.0. The standard InChI is InChI=1S/C23H28Cl2N2O2S.ClH/c1-2-27(30(28,29)22-16-19(24)9-10-20(22)25)14-4-3-13-26-15-12-18-7-5-6-17-8-11-21(26)23(17)18;/h5-7,9-10,16,21H,2-4,8,11-15H2,1H3;1H. The van der Waals surface area contributed by atoms with Gasteiger partial charge in [0.25, 0.3) is 0 Å². The summed E-state index contributed by atoms with van der Waals surface area (Å²) in [5, 5.41) is 0.581. The third-order valence-corrected chi connectivity index (χ3v) is 9.07. The highest BCUT2D eigenvalue weighted by atomic mass is 35.5. The van der Waals surface area contributed by atoms with Gasteiger partial charge < -0.3 is 0 Å².